The number of carbonyl (C=O) groups excluding carboxylic acids is 1. The SMILES string of the molecule is CCCC1(N)CN(C(=O)c2c(F)cccc2OC)C1. The van der Waals surface area contributed by atoms with Gasteiger partial charge in [-0.2, -0.15) is 0 Å². The van der Waals surface area contributed by atoms with Crippen LogP contribution in [0.1, 0.15) is 30.1 Å². The van der Waals surface area contributed by atoms with Crippen molar-refractivity contribution in [3.05, 3.63) is 29.6 Å². The number of methoxy groups -OCH3 is 1. The van der Waals surface area contributed by atoms with Crippen LogP contribution in [-0.4, -0.2) is 36.5 Å². The molecule has 0 spiro atoms. The maximum Gasteiger partial charge on any atom is 0.260 e. The van der Waals surface area contributed by atoms with Gasteiger partial charge in [-0.1, -0.05) is 19.4 Å². The summed E-state index contributed by atoms with van der Waals surface area (Å²) in [4.78, 5) is 13.8. The van der Waals surface area contributed by atoms with Crippen molar-refractivity contribution in [1.29, 1.82) is 0 Å². The zero-order valence-corrected chi connectivity index (χ0v) is 11.3. The first-order valence-electron chi connectivity index (χ1n) is 6.41. The number of nitrogens with two attached hydrogens (primary N) is 1. The average Bonchev–Trinajstić information content (AvgIpc) is 2.35. The van der Waals surface area contributed by atoms with E-state index in [1.165, 1.54) is 19.2 Å². The highest BCUT2D eigenvalue weighted by Gasteiger charge is 2.42. The van der Waals surface area contributed by atoms with Crippen LogP contribution >= 0.6 is 0 Å². The molecule has 5 heteroatoms. The molecule has 0 atom stereocenters. The maximum atomic E-state index is 13.8. The number of rotatable bonds is 4. The van der Waals surface area contributed by atoms with E-state index in [9.17, 15) is 9.18 Å². The first kappa shape index (κ1) is 13.8. The van der Waals surface area contributed by atoms with Crippen LogP contribution in [0.4, 0.5) is 4.39 Å². The lowest BCUT2D eigenvalue weighted by molar-refractivity contribution is 0.0379. The summed E-state index contributed by atoms with van der Waals surface area (Å²) in [5, 5.41) is 0. The highest BCUT2D eigenvalue weighted by Crippen LogP contribution is 2.29. The van der Waals surface area contributed by atoms with E-state index in [1.807, 2.05) is 0 Å². The standard InChI is InChI=1S/C14H19FN2O2/c1-3-7-14(16)8-17(9-14)13(18)12-10(15)5-4-6-11(12)19-2/h4-6H,3,7-9,16H2,1-2H3. The molecule has 1 aromatic carbocycles. The van der Waals surface area contributed by atoms with Crippen molar-refractivity contribution in [3.63, 3.8) is 0 Å². The zero-order valence-electron chi connectivity index (χ0n) is 11.3. The first-order valence-corrected chi connectivity index (χ1v) is 6.41. The lowest BCUT2D eigenvalue weighted by Crippen LogP contribution is -2.68. The molecule has 19 heavy (non-hydrogen) atoms. The molecule has 0 bridgehead atoms. The van der Waals surface area contributed by atoms with Gasteiger partial charge in [0.05, 0.1) is 12.6 Å². The van der Waals surface area contributed by atoms with Crippen molar-refractivity contribution in [2.24, 2.45) is 5.73 Å². The minimum Gasteiger partial charge on any atom is -0.496 e. The number of hydrogen-bond donors (Lipinski definition) is 1. The molecule has 1 amide bonds. The smallest absolute Gasteiger partial charge is 0.260 e. The van der Waals surface area contributed by atoms with Crippen molar-refractivity contribution in [3.8, 4) is 5.75 Å². The van der Waals surface area contributed by atoms with E-state index >= 15 is 0 Å². The molecule has 1 saturated heterocycles. The Labute approximate surface area is 112 Å². The molecule has 1 aliphatic heterocycles. The number of halogens is 1. The van der Waals surface area contributed by atoms with Gasteiger partial charge in [0, 0.05) is 13.1 Å². The number of carbonyl (C=O) groups is 1. The fourth-order valence-electron chi connectivity index (χ4n) is 2.55. The minimum absolute atomic E-state index is 0.0106. The summed E-state index contributed by atoms with van der Waals surface area (Å²) in [6.45, 7) is 2.99. The second-order valence-electron chi connectivity index (χ2n) is 5.09. The number of benzene rings is 1. The van der Waals surface area contributed by atoms with Gasteiger partial charge in [-0.3, -0.25) is 4.79 Å². The van der Waals surface area contributed by atoms with Crippen LogP contribution in [0.3, 0.4) is 0 Å². The predicted molar refractivity (Wildman–Crippen MR) is 70.7 cm³/mol. The molecule has 1 aromatic rings. The second-order valence-corrected chi connectivity index (χ2v) is 5.09. The first-order chi connectivity index (χ1) is 9.00. The minimum atomic E-state index is -0.561. The van der Waals surface area contributed by atoms with Crippen molar-refractivity contribution < 1.29 is 13.9 Å². The molecule has 0 aromatic heterocycles. The summed E-state index contributed by atoms with van der Waals surface area (Å²) in [7, 11) is 1.42. The highest BCUT2D eigenvalue weighted by atomic mass is 19.1. The normalized spacial score (nSPS) is 16.9. The number of nitrogens with zero attached hydrogens (tertiary/aromatic N) is 1. The molecule has 0 aliphatic carbocycles. The summed E-state index contributed by atoms with van der Waals surface area (Å²) >= 11 is 0. The average molecular weight is 266 g/mol. The van der Waals surface area contributed by atoms with Gasteiger partial charge in [-0.05, 0) is 18.6 Å². The molecule has 4 nitrogen and oxygen atoms in total. The van der Waals surface area contributed by atoms with Gasteiger partial charge >= 0.3 is 0 Å². The van der Waals surface area contributed by atoms with Gasteiger partial charge in [0.15, 0.2) is 0 Å². The largest absolute Gasteiger partial charge is 0.496 e. The van der Waals surface area contributed by atoms with Gasteiger partial charge in [0.1, 0.15) is 17.1 Å². The maximum absolute atomic E-state index is 13.8. The van der Waals surface area contributed by atoms with Gasteiger partial charge in [-0.25, -0.2) is 4.39 Å². The Kier molecular flexibility index (Phi) is 3.75. The van der Waals surface area contributed by atoms with E-state index in [2.05, 4.69) is 6.92 Å². The molecule has 1 heterocycles. The molecular weight excluding hydrogens is 247 g/mol. The second kappa shape index (κ2) is 5.17. The molecular formula is C14H19FN2O2. The molecule has 1 fully saturated rings. The topological polar surface area (TPSA) is 55.6 Å². The van der Waals surface area contributed by atoms with Crippen LogP contribution in [0.15, 0.2) is 18.2 Å². The van der Waals surface area contributed by atoms with Crippen molar-refractivity contribution in [2.45, 2.75) is 25.3 Å². The van der Waals surface area contributed by atoms with Crippen LogP contribution in [0, 0.1) is 5.82 Å². The van der Waals surface area contributed by atoms with E-state index in [4.69, 9.17) is 10.5 Å². The third kappa shape index (κ3) is 2.56. The van der Waals surface area contributed by atoms with Gasteiger partial charge in [0.25, 0.3) is 5.91 Å². The summed E-state index contributed by atoms with van der Waals surface area (Å²) in [5.41, 5.74) is 5.78. The highest BCUT2D eigenvalue weighted by molar-refractivity contribution is 5.97. The van der Waals surface area contributed by atoms with E-state index in [-0.39, 0.29) is 22.8 Å². The van der Waals surface area contributed by atoms with E-state index in [1.54, 1.807) is 11.0 Å². The Balaban J connectivity index is 2.15. The number of likely N-dealkylation sites (tertiary alicyclic amines) is 1. The van der Waals surface area contributed by atoms with Crippen LogP contribution in [0.2, 0.25) is 0 Å². The molecule has 104 valence electrons. The Hall–Kier alpha value is -1.62. The summed E-state index contributed by atoms with van der Waals surface area (Å²) in [6, 6.07) is 4.36. The van der Waals surface area contributed by atoms with Crippen LogP contribution in [0.5, 0.6) is 5.75 Å². The molecule has 0 radical (unpaired) electrons. The van der Waals surface area contributed by atoms with Crippen LogP contribution in [0.25, 0.3) is 0 Å². The van der Waals surface area contributed by atoms with E-state index < -0.39 is 5.82 Å². The lowest BCUT2D eigenvalue weighted by atomic mass is 9.86. The molecule has 2 rings (SSSR count). The van der Waals surface area contributed by atoms with Gasteiger partial charge in [0.2, 0.25) is 0 Å². The van der Waals surface area contributed by atoms with Gasteiger partial charge < -0.3 is 15.4 Å². The summed E-state index contributed by atoms with van der Waals surface area (Å²) < 4.78 is 18.8. The number of hydrogen-bond acceptors (Lipinski definition) is 3. The Morgan fingerprint density at radius 1 is 1.53 bits per heavy atom. The van der Waals surface area contributed by atoms with Crippen molar-refractivity contribution in [2.75, 3.05) is 20.2 Å². The monoisotopic (exact) mass is 266 g/mol. The van der Waals surface area contributed by atoms with E-state index in [0.717, 1.165) is 12.8 Å². The lowest BCUT2D eigenvalue weighted by Gasteiger charge is -2.47. The quantitative estimate of drug-likeness (QED) is 0.904. The third-order valence-electron chi connectivity index (χ3n) is 3.46. The Morgan fingerprint density at radius 2 is 2.21 bits per heavy atom. The summed E-state index contributed by atoms with van der Waals surface area (Å²) in [6.07, 6.45) is 1.84. The zero-order chi connectivity index (χ0) is 14.0. The Bertz CT molecular complexity index is 484. The molecule has 0 unspecified atom stereocenters. The van der Waals surface area contributed by atoms with Crippen LogP contribution < -0.4 is 10.5 Å². The molecule has 2 N–H and O–H groups in total. The van der Waals surface area contributed by atoms with Gasteiger partial charge in [-0.15, -0.1) is 0 Å². The fraction of sp³-hybridized carbons (Fsp3) is 0.500. The van der Waals surface area contributed by atoms with E-state index in [0.29, 0.717) is 13.1 Å². The number of ether oxygens (including phenoxy) is 1. The van der Waals surface area contributed by atoms with Crippen molar-refractivity contribution >= 4 is 5.91 Å². The van der Waals surface area contributed by atoms with Crippen molar-refractivity contribution in [1.82, 2.24) is 4.90 Å². The summed E-state index contributed by atoms with van der Waals surface area (Å²) in [5.74, 6) is -0.656. The predicted octanol–water partition coefficient (Wildman–Crippen LogP) is 1.79. The molecule has 0 saturated carbocycles. The number of amides is 1. The van der Waals surface area contributed by atoms with Crippen LogP contribution in [-0.2, 0) is 0 Å². The fourth-order valence-corrected chi connectivity index (χ4v) is 2.55. The third-order valence-corrected chi connectivity index (χ3v) is 3.46. The molecule has 1 aliphatic rings. The Morgan fingerprint density at radius 3 is 2.79 bits per heavy atom.